The Morgan fingerprint density at radius 3 is 2.32 bits per heavy atom. The van der Waals surface area contributed by atoms with Crippen molar-refractivity contribution in [2.45, 2.75) is 28.8 Å². The second-order valence-electron chi connectivity index (χ2n) is 4.83. The van der Waals surface area contributed by atoms with E-state index in [1.165, 1.54) is 0 Å². The second-order valence-corrected chi connectivity index (χ2v) is 7.35. The van der Waals surface area contributed by atoms with Gasteiger partial charge in [-0.15, -0.1) is 0 Å². The van der Waals surface area contributed by atoms with Gasteiger partial charge in [-0.3, -0.25) is 0 Å². The Morgan fingerprint density at radius 2 is 1.80 bits per heavy atom. The van der Waals surface area contributed by atoms with Crippen LogP contribution in [-0.4, -0.2) is 39.9 Å². The number of alkyl halides is 6. The van der Waals surface area contributed by atoms with Crippen molar-refractivity contribution in [1.29, 1.82) is 0 Å². The quantitative estimate of drug-likeness (QED) is 0.411. The van der Waals surface area contributed by atoms with E-state index in [0.717, 1.165) is 6.08 Å². The zero-order valence-electron chi connectivity index (χ0n) is 12.6. The van der Waals surface area contributed by atoms with Crippen LogP contribution in [0.25, 0.3) is 0 Å². The molecular formula is C15H14Cl3F3O4. The molecule has 0 bridgehead atoms. The number of hydrogen-bond acceptors (Lipinski definition) is 4. The molecule has 1 aromatic rings. The molecule has 0 fully saturated rings. The fourth-order valence-corrected chi connectivity index (χ4v) is 1.74. The lowest BCUT2D eigenvalue weighted by Crippen LogP contribution is -2.40. The van der Waals surface area contributed by atoms with Crippen molar-refractivity contribution in [2.24, 2.45) is 0 Å². The number of halogens is 6. The molecule has 0 saturated carbocycles. The number of carbonyl (C=O) groups is 1. The Labute approximate surface area is 157 Å². The summed E-state index contributed by atoms with van der Waals surface area (Å²) in [5, 5.41) is 9.38. The molecule has 0 aliphatic rings. The van der Waals surface area contributed by atoms with Crippen molar-refractivity contribution in [3.63, 3.8) is 0 Å². The predicted molar refractivity (Wildman–Crippen MR) is 87.5 cm³/mol. The Balaban J connectivity index is 2.73. The van der Waals surface area contributed by atoms with Crippen molar-refractivity contribution in [2.75, 3.05) is 6.61 Å². The van der Waals surface area contributed by atoms with E-state index in [1.807, 2.05) is 0 Å². The van der Waals surface area contributed by atoms with Gasteiger partial charge in [0.15, 0.2) is 6.10 Å². The summed E-state index contributed by atoms with van der Waals surface area (Å²) in [6, 6.07) is 8.35. The van der Waals surface area contributed by atoms with Crippen LogP contribution in [-0.2, 0) is 20.9 Å². The number of esters is 1. The normalized spacial score (nSPS) is 15.2. The Bertz CT molecular complexity index is 574. The highest BCUT2D eigenvalue weighted by molar-refractivity contribution is 6.67. The van der Waals surface area contributed by atoms with Crippen LogP contribution in [0.1, 0.15) is 5.56 Å². The van der Waals surface area contributed by atoms with Gasteiger partial charge >= 0.3 is 12.1 Å². The van der Waals surface area contributed by atoms with Crippen LogP contribution < -0.4 is 0 Å². The van der Waals surface area contributed by atoms with Crippen LogP contribution in [0.3, 0.4) is 0 Å². The van der Waals surface area contributed by atoms with E-state index in [9.17, 15) is 23.1 Å². The van der Waals surface area contributed by atoms with Crippen LogP contribution in [0.4, 0.5) is 13.2 Å². The molecular weight excluding hydrogens is 408 g/mol. The van der Waals surface area contributed by atoms with E-state index in [1.54, 1.807) is 30.3 Å². The van der Waals surface area contributed by atoms with E-state index in [-0.39, 0.29) is 6.61 Å². The minimum Gasteiger partial charge on any atom is -0.458 e. The molecule has 1 aromatic carbocycles. The molecule has 25 heavy (non-hydrogen) atoms. The van der Waals surface area contributed by atoms with Gasteiger partial charge in [0, 0.05) is 6.08 Å². The molecule has 10 heteroatoms. The first-order chi connectivity index (χ1) is 11.5. The van der Waals surface area contributed by atoms with Gasteiger partial charge in [-0.25, -0.2) is 4.79 Å². The monoisotopic (exact) mass is 420 g/mol. The van der Waals surface area contributed by atoms with Crippen LogP contribution in [0, 0.1) is 0 Å². The Kier molecular flexibility index (Phi) is 8.50. The molecule has 2 atom stereocenters. The largest absolute Gasteiger partial charge is 0.458 e. The Morgan fingerprint density at radius 1 is 1.20 bits per heavy atom. The number of carbonyl (C=O) groups excluding carboxylic acids is 1. The zero-order valence-corrected chi connectivity index (χ0v) is 14.8. The summed E-state index contributed by atoms with van der Waals surface area (Å²) in [7, 11) is 0. The molecule has 1 N–H and O–H groups in total. The summed E-state index contributed by atoms with van der Waals surface area (Å²) in [4.78, 5) is 11.4. The van der Waals surface area contributed by atoms with Crippen molar-refractivity contribution in [3.8, 4) is 0 Å². The van der Waals surface area contributed by atoms with Crippen LogP contribution >= 0.6 is 34.8 Å². The lowest BCUT2D eigenvalue weighted by atomic mass is 10.1. The van der Waals surface area contributed by atoms with Crippen LogP contribution in [0.2, 0.25) is 0 Å². The maximum absolute atomic E-state index is 12.7. The Hall–Kier alpha value is -0.990. The topological polar surface area (TPSA) is 55.8 Å². The first-order valence-electron chi connectivity index (χ1n) is 6.81. The fraction of sp³-hybridized carbons (Fsp3) is 0.400. The first kappa shape index (κ1) is 22.1. The van der Waals surface area contributed by atoms with Crippen molar-refractivity contribution < 1.29 is 32.5 Å². The molecule has 140 valence electrons. The van der Waals surface area contributed by atoms with Gasteiger partial charge in [0.25, 0.3) is 0 Å². The summed E-state index contributed by atoms with van der Waals surface area (Å²) in [5.41, 5.74) is 0.592. The highest BCUT2D eigenvalue weighted by Gasteiger charge is 2.43. The van der Waals surface area contributed by atoms with E-state index in [0.29, 0.717) is 11.6 Å². The first-order valence-corrected chi connectivity index (χ1v) is 7.94. The highest BCUT2D eigenvalue weighted by Crippen LogP contribution is 2.26. The number of aliphatic hydroxyl groups is 1. The number of hydrogen-bond donors (Lipinski definition) is 1. The molecule has 4 nitrogen and oxygen atoms in total. The van der Waals surface area contributed by atoms with Crippen LogP contribution in [0.5, 0.6) is 0 Å². The van der Waals surface area contributed by atoms with Crippen molar-refractivity contribution in [3.05, 3.63) is 48.0 Å². The minimum atomic E-state index is -4.94. The molecule has 0 saturated heterocycles. The number of aliphatic hydroxyl groups excluding tert-OH is 1. The summed E-state index contributed by atoms with van der Waals surface area (Å²) in [6.07, 6.45) is -8.18. The summed E-state index contributed by atoms with van der Waals surface area (Å²) < 4.78 is 45.9. The fourth-order valence-electron chi connectivity index (χ4n) is 1.58. The maximum atomic E-state index is 12.7. The third-order valence-corrected chi connectivity index (χ3v) is 3.06. The SMILES string of the molecule is O=C(/C=C/[C@@H](OCc1ccccc1)[C@@H](O)C(F)(F)F)OCC(Cl)(Cl)Cl. The smallest absolute Gasteiger partial charge is 0.417 e. The second kappa shape index (κ2) is 9.64. The molecule has 0 aliphatic carbocycles. The van der Waals surface area contributed by atoms with Gasteiger partial charge in [-0.2, -0.15) is 13.2 Å². The third-order valence-electron chi connectivity index (χ3n) is 2.73. The molecule has 0 aliphatic heterocycles. The minimum absolute atomic E-state index is 0.202. The van der Waals surface area contributed by atoms with Gasteiger partial charge in [0.1, 0.15) is 12.7 Å². The van der Waals surface area contributed by atoms with E-state index in [4.69, 9.17) is 39.5 Å². The molecule has 0 radical (unpaired) electrons. The van der Waals surface area contributed by atoms with Gasteiger partial charge in [-0.1, -0.05) is 65.1 Å². The molecule has 0 unspecified atom stereocenters. The van der Waals surface area contributed by atoms with E-state index in [2.05, 4.69) is 4.74 Å². The van der Waals surface area contributed by atoms with E-state index >= 15 is 0 Å². The van der Waals surface area contributed by atoms with Gasteiger partial charge in [-0.05, 0) is 11.6 Å². The molecule has 0 spiro atoms. The number of benzene rings is 1. The average Bonchev–Trinajstić information content (AvgIpc) is 2.52. The number of ether oxygens (including phenoxy) is 2. The molecule has 0 heterocycles. The lowest BCUT2D eigenvalue weighted by Gasteiger charge is -2.22. The summed E-state index contributed by atoms with van der Waals surface area (Å²) in [6.45, 7) is -0.787. The van der Waals surface area contributed by atoms with Crippen molar-refractivity contribution in [1.82, 2.24) is 0 Å². The lowest BCUT2D eigenvalue weighted by molar-refractivity contribution is -0.230. The maximum Gasteiger partial charge on any atom is 0.417 e. The van der Waals surface area contributed by atoms with Gasteiger partial charge < -0.3 is 14.6 Å². The summed E-state index contributed by atoms with van der Waals surface area (Å²) >= 11 is 16.2. The molecule has 0 aromatic heterocycles. The van der Waals surface area contributed by atoms with Crippen LogP contribution in [0.15, 0.2) is 42.5 Å². The third kappa shape index (κ3) is 9.32. The van der Waals surface area contributed by atoms with Gasteiger partial charge in [0.2, 0.25) is 3.79 Å². The number of rotatable bonds is 7. The molecule has 1 rings (SSSR count). The molecule has 0 amide bonds. The predicted octanol–water partition coefficient (Wildman–Crippen LogP) is 3.96. The standard InChI is InChI=1S/C15H14Cl3F3O4/c16-14(17,18)9-25-12(22)7-6-11(13(23)15(19,20)21)24-8-10-4-2-1-3-5-10/h1-7,11,13,23H,8-9H2/b7-6+/t11-,13-/m1/s1. The average molecular weight is 422 g/mol. The van der Waals surface area contributed by atoms with E-state index < -0.39 is 34.8 Å². The summed E-state index contributed by atoms with van der Waals surface area (Å²) in [5.74, 6) is -1.05. The zero-order chi connectivity index (χ0) is 19.1. The van der Waals surface area contributed by atoms with Crippen molar-refractivity contribution >= 4 is 40.8 Å². The van der Waals surface area contributed by atoms with Gasteiger partial charge in [0.05, 0.1) is 6.61 Å². The highest BCUT2D eigenvalue weighted by atomic mass is 35.6.